The number of esters is 1. The largest absolute Gasteiger partial charge is 0.416 e. The molecule has 0 amide bonds. The highest BCUT2D eigenvalue weighted by Gasteiger charge is 2.42. The zero-order valence-corrected chi connectivity index (χ0v) is 26.7. The lowest BCUT2D eigenvalue weighted by Gasteiger charge is -2.38. The van der Waals surface area contributed by atoms with Crippen molar-refractivity contribution in [1.82, 2.24) is 0 Å². The van der Waals surface area contributed by atoms with Gasteiger partial charge >= 0.3 is 5.97 Å². The zero-order valence-electron chi connectivity index (χ0n) is 25.7. The van der Waals surface area contributed by atoms with Crippen LogP contribution < -0.4 is 0 Å². The first-order chi connectivity index (χ1) is 20.3. The summed E-state index contributed by atoms with van der Waals surface area (Å²) in [6, 6.07) is 40.0. The molecule has 0 spiro atoms. The summed E-state index contributed by atoms with van der Waals surface area (Å²) >= 11 is 0. The van der Waals surface area contributed by atoms with Crippen molar-refractivity contribution in [3.05, 3.63) is 149 Å². The van der Waals surface area contributed by atoms with Gasteiger partial charge in [0.1, 0.15) is 14.0 Å². The molecular weight excluding hydrogens is 529 g/mol. The molecule has 214 valence electrons. The molecule has 42 heavy (non-hydrogen) atoms. The molecule has 4 rings (SSSR count). The van der Waals surface area contributed by atoms with Crippen molar-refractivity contribution in [1.29, 1.82) is 0 Å². The second kappa shape index (κ2) is 14.2. The molecule has 0 aliphatic carbocycles. The molecule has 0 N–H and O–H groups in total. The number of hydrogen-bond acceptors (Lipinski definition) is 2. The fourth-order valence-corrected chi connectivity index (χ4v) is 11.5. The lowest BCUT2D eigenvalue weighted by Crippen LogP contribution is -2.43. The Morgan fingerprint density at radius 3 is 1.29 bits per heavy atom. The third-order valence-electron chi connectivity index (χ3n) is 8.31. The van der Waals surface area contributed by atoms with Gasteiger partial charge < -0.3 is 4.74 Å². The molecule has 2 nitrogen and oxygen atoms in total. The van der Waals surface area contributed by atoms with Crippen LogP contribution in [0, 0.1) is 11.5 Å². The number of rotatable bonds is 9. The van der Waals surface area contributed by atoms with E-state index in [-0.39, 0.29) is 5.97 Å². The Morgan fingerprint density at radius 1 is 0.571 bits per heavy atom. The van der Waals surface area contributed by atoms with E-state index in [1.54, 1.807) is 0 Å². The number of allylic oxidation sites excluding steroid dienone is 1. The SMILES string of the molecule is CC(C)[Si](C#CC(OC(=O)C(c1ccccc1)c1ccccc1)=C(c1ccccc1)c1ccccc1)(C(C)C)C(C)C. The lowest BCUT2D eigenvalue weighted by atomic mass is 9.91. The maximum atomic E-state index is 14.3. The third kappa shape index (κ3) is 6.84. The van der Waals surface area contributed by atoms with Crippen molar-refractivity contribution in [2.24, 2.45) is 0 Å². The van der Waals surface area contributed by atoms with Crippen LogP contribution in [0.1, 0.15) is 69.7 Å². The summed E-state index contributed by atoms with van der Waals surface area (Å²) in [6.07, 6.45) is 0. The molecule has 4 aromatic carbocycles. The average molecular weight is 571 g/mol. The van der Waals surface area contributed by atoms with Crippen LogP contribution in [-0.2, 0) is 9.53 Å². The van der Waals surface area contributed by atoms with Gasteiger partial charge in [0, 0.05) is 5.57 Å². The average Bonchev–Trinajstić information content (AvgIpc) is 2.99. The Balaban J connectivity index is 1.97. The predicted molar refractivity (Wildman–Crippen MR) is 179 cm³/mol. The molecule has 0 aliphatic rings. The van der Waals surface area contributed by atoms with Gasteiger partial charge in [-0.05, 0) is 44.8 Å². The van der Waals surface area contributed by atoms with Gasteiger partial charge in [0.05, 0.1) is 0 Å². The number of ether oxygens (including phenoxy) is 1. The molecule has 0 aliphatic heterocycles. The van der Waals surface area contributed by atoms with E-state index in [4.69, 9.17) is 4.74 Å². The van der Waals surface area contributed by atoms with E-state index < -0.39 is 14.0 Å². The van der Waals surface area contributed by atoms with E-state index in [9.17, 15) is 4.79 Å². The second-order valence-electron chi connectivity index (χ2n) is 11.8. The van der Waals surface area contributed by atoms with Gasteiger partial charge in [0.15, 0.2) is 5.76 Å². The quantitative estimate of drug-likeness (QED) is 0.0866. The number of carbonyl (C=O) groups excluding carboxylic acids is 1. The topological polar surface area (TPSA) is 26.3 Å². The molecule has 0 saturated heterocycles. The molecule has 3 heteroatoms. The van der Waals surface area contributed by atoms with Crippen molar-refractivity contribution in [2.45, 2.75) is 64.1 Å². The maximum Gasteiger partial charge on any atom is 0.323 e. The minimum atomic E-state index is -2.13. The van der Waals surface area contributed by atoms with Crippen LogP contribution in [0.25, 0.3) is 5.57 Å². The summed E-state index contributed by atoms with van der Waals surface area (Å²) in [5, 5.41) is 0. The Bertz CT molecular complexity index is 1420. The summed E-state index contributed by atoms with van der Waals surface area (Å²) in [7, 11) is -2.13. The monoisotopic (exact) mass is 570 g/mol. The molecule has 0 radical (unpaired) electrons. The number of benzene rings is 4. The van der Waals surface area contributed by atoms with Crippen LogP contribution in [0.15, 0.2) is 127 Å². The first-order valence-corrected chi connectivity index (χ1v) is 17.2. The van der Waals surface area contributed by atoms with Crippen molar-refractivity contribution >= 4 is 19.6 Å². The van der Waals surface area contributed by atoms with E-state index in [1.165, 1.54) is 0 Å². The van der Waals surface area contributed by atoms with Gasteiger partial charge in [-0.2, -0.15) is 0 Å². The van der Waals surface area contributed by atoms with E-state index in [0.717, 1.165) is 27.8 Å². The fraction of sp³-hybridized carbons (Fsp3) is 0.256. The number of hydrogen-bond donors (Lipinski definition) is 0. The molecule has 0 bridgehead atoms. The molecule has 4 aromatic rings. The van der Waals surface area contributed by atoms with Crippen molar-refractivity contribution < 1.29 is 9.53 Å². The van der Waals surface area contributed by atoms with E-state index in [0.29, 0.717) is 22.4 Å². The Labute approximate surface area is 253 Å². The summed E-state index contributed by atoms with van der Waals surface area (Å²) in [4.78, 5) is 14.3. The first kappa shape index (κ1) is 30.8. The van der Waals surface area contributed by atoms with Gasteiger partial charge in [-0.25, -0.2) is 0 Å². The highest BCUT2D eigenvalue weighted by molar-refractivity contribution is 6.90. The number of carbonyl (C=O) groups is 1. The van der Waals surface area contributed by atoms with E-state index in [1.807, 2.05) is 97.1 Å². The van der Waals surface area contributed by atoms with Crippen LogP contribution in [0.2, 0.25) is 16.6 Å². The second-order valence-corrected chi connectivity index (χ2v) is 17.3. The van der Waals surface area contributed by atoms with Crippen molar-refractivity contribution in [2.75, 3.05) is 0 Å². The molecule has 0 unspecified atom stereocenters. The van der Waals surface area contributed by atoms with Crippen LogP contribution >= 0.6 is 0 Å². The molecule has 0 aromatic heterocycles. The molecule has 0 heterocycles. The molecular formula is C39H42O2Si. The first-order valence-electron chi connectivity index (χ1n) is 15.0. The molecule has 0 saturated carbocycles. The van der Waals surface area contributed by atoms with E-state index >= 15 is 0 Å². The van der Waals surface area contributed by atoms with E-state index in [2.05, 4.69) is 77.3 Å². The normalized spacial score (nSPS) is 11.4. The van der Waals surface area contributed by atoms with Crippen LogP contribution in [0.4, 0.5) is 0 Å². The van der Waals surface area contributed by atoms with Gasteiger partial charge in [-0.15, -0.1) is 5.54 Å². The minimum absolute atomic E-state index is 0.341. The van der Waals surface area contributed by atoms with Crippen molar-refractivity contribution in [3.8, 4) is 11.5 Å². The third-order valence-corrected chi connectivity index (χ3v) is 14.6. The summed E-state index contributed by atoms with van der Waals surface area (Å²) in [5.41, 5.74) is 9.69. The maximum absolute atomic E-state index is 14.3. The molecule has 0 atom stereocenters. The summed E-state index contributed by atoms with van der Waals surface area (Å²) in [5.74, 6) is 3.02. The van der Waals surface area contributed by atoms with Gasteiger partial charge in [-0.3, -0.25) is 4.79 Å². The summed E-state index contributed by atoms with van der Waals surface area (Å²) in [6.45, 7) is 13.8. The summed E-state index contributed by atoms with van der Waals surface area (Å²) < 4.78 is 6.52. The van der Waals surface area contributed by atoms with Crippen molar-refractivity contribution in [3.63, 3.8) is 0 Å². The Kier molecular flexibility index (Phi) is 10.4. The Morgan fingerprint density at radius 2 is 0.929 bits per heavy atom. The minimum Gasteiger partial charge on any atom is -0.416 e. The highest BCUT2D eigenvalue weighted by atomic mass is 28.3. The molecule has 0 fully saturated rings. The smallest absolute Gasteiger partial charge is 0.323 e. The van der Waals surface area contributed by atoms with Crippen LogP contribution in [0.5, 0.6) is 0 Å². The van der Waals surface area contributed by atoms with Gasteiger partial charge in [0.25, 0.3) is 0 Å². The lowest BCUT2D eigenvalue weighted by molar-refractivity contribution is -0.139. The van der Waals surface area contributed by atoms with Gasteiger partial charge in [-0.1, -0.05) is 163 Å². The van der Waals surface area contributed by atoms with Crippen LogP contribution in [-0.4, -0.2) is 14.0 Å². The standard InChI is InChI=1S/C39H42O2Si/c1-29(2)42(30(3)4,31(5)6)28-27-36(37(32-19-11-7-12-20-32)33-21-13-8-14-22-33)41-39(40)38(34-23-15-9-16-24-34)35-25-17-10-18-26-35/h7-26,29-31,38H,1-6H3. The van der Waals surface area contributed by atoms with Gasteiger partial charge in [0.2, 0.25) is 0 Å². The predicted octanol–water partition coefficient (Wildman–Crippen LogP) is 10.0. The zero-order chi connectivity index (χ0) is 30.1. The fourth-order valence-electron chi connectivity index (χ4n) is 6.29. The Hall–Kier alpha value is -4.13. The highest BCUT2D eigenvalue weighted by Crippen LogP contribution is 2.41. The van der Waals surface area contributed by atoms with Crippen LogP contribution in [0.3, 0.4) is 0 Å².